The molecule has 6 atom stereocenters. The Labute approximate surface area is 171 Å². The smallest absolute Gasteiger partial charge is 0.312 e. The molecule has 3 heterocycles. The van der Waals surface area contributed by atoms with E-state index in [4.69, 9.17) is 9.47 Å². The highest BCUT2D eigenvalue weighted by Crippen LogP contribution is 2.58. The molecule has 4 aliphatic rings. The molecule has 1 aliphatic carbocycles. The summed E-state index contributed by atoms with van der Waals surface area (Å²) in [5.41, 5.74) is -1.01. The number of esters is 1. The van der Waals surface area contributed by atoms with E-state index in [2.05, 4.69) is 5.32 Å². The lowest BCUT2D eigenvalue weighted by atomic mass is 9.70. The van der Waals surface area contributed by atoms with Gasteiger partial charge in [-0.15, -0.1) is 0 Å². The van der Waals surface area contributed by atoms with Gasteiger partial charge in [0.25, 0.3) is 0 Å². The molecular weight excluding hydrogens is 376 g/mol. The lowest BCUT2D eigenvalue weighted by molar-refractivity contribution is -0.155. The predicted molar refractivity (Wildman–Crippen MR) is 103 cm³/mol. The summed E-state index contributed by atoms with van der Waals surface area (Å²) >= 11 is 0. The SMILES string of the molecule is CCOC(=O)[C@@H]1[C@@H]2CC[C@]3(O2)[C@H](C(=O)NC2CCCCC2)N([C@H](C)CO)C(=O)[C@@H]13. The van der Waals surface area contributed by atoms with Crippen LogP contribution in [0.1, 0.15) is 58.8 Å². The van der Waals surface area contributed by atoms with E-state index in [0.29, 0.717) is 12.8 Å². The number of aliphatic hydroxyl groups is 1. The highest BCUT2D eigenvalue weighted by Gasteiger charge is 2.75. The first kappa shape index (κ1) is 20.6. The van der Waals surface area contributed by atoms with Gasteiger partial charge in [-0.3, -0.25) is 14.4 Å². The highest BCUT2D eigenvalue weighted by atomic mass is 16.6. The van der Waals surface area contributed by atoms with E-state index in [1.807, 2.05) is 0 Å². The largest absolute Gasteiger partial charge is 0.466 e. The van der Waals surface area contributed by atoms with Crippen molar-refractivity contribution in [2.45, 2.75) is 88.6 Å². The minimum Gasteiger partial charge on any atom is -0.466 e. The summed E-state index contributed by atoms with van der Waals surface area (Å²) in [6.45, 7) is 3.44. The van der Waals surface area contributed by atoms with Crippen molar-refractivity contribution < 1.29 is 29.0 Å². The molecule has 4 fully saturated rings. The molecule has 1 spiro atoms. The molecule has 0 unspecified atom stereocenters. The first-order chi connectivity index (χ1) is 13.9. The molecule has 0 aromatic heterocycles. The predicted octanol–water partition coefficient (Wildman–Crippen LogP) is 0.754. The summed E-state index contributed by atoms with van der Waals surface area (Å²) in [4.78, 5) is 41.0. The lowest BCUT2D eigenvalue weighted by Crippen LogP contribution is -2.58. The quantitative estimate of drug-likeness (QED) is 0.629. The van der Waals surface area contributed by atoms with Crippen molar-refractivity contribution in [2.24, 2.45) is 11.8 Å². The van der Waals surface area contributed by atoms with Crippen molar-refractivity contribution in [1.29, 1.82) is 0 Å². The Hall–Kier alpha value is -1.67. The Morgan fingerprint density at radius 2 is 2.03 bits per heavy atom. The molecule has 29 heavy (non-hydrogen) atoms. The van der Waals surface area contributed by atoms with Crippen LogP contribution in [-0.2, 0) is 23.9 Å². The summed E-state index contributed by atoms with van der Waals surface area (Å²) in [6.07, 6.45) is 6.02. The van der Waals surface area contributed by atoms with Gasteiger partial charge in [0.05, 0.1) is 37.2 Å². The van der Waals surface area contributed by atoms with Crippen LogP contribution in [0.3, 0.4) is 0 Å². The number of hydrogen-bond acceptors (Lipinski definition) is 6. The van der Waals surface area contributed by atoms with Crippen molar-refractivity contribution in [3.05, 3.63) is 0 Å². The Kier molecular flexibility index (Phi) is 5.59. The topological polar surface area (TPSA) is 105 Å². The van der Waals surface area contributed by atoms with Gasteiger partial charge < -0.3 is 24.8 Å². The number of rotatable bonds is 6. The van der Waals surface area contributed by atoms with Gasteiger partial charge in [-0.05, 0) is 39.5 Å². The number of aliphatic hydroxyl groups excluding tert-OH is 1. The Balaban J connectivity index is 1.66. The summed E-state index contributed by atoms with van der Waals surface area (Å²) in [5, 5.41) is 12.9. The van der Waals surface area contributed by atoms with Crippen LogP contribution < -0.4 is 5.32 Å². The minimum atomic E-state index is -1.01. The highest BCUT2D eigenvalue weighted by molar-refractivity contribution is 5.98. The van der Waals surface area contributed by atoms with Gasteiger partial charge in [-0.25, -0.2) is 0 Å². The van der Waals surface area contributed by atoms with Crippen LogP contribution in [0.15, 0.2) is 0 Å². The fraction of sp³-hybridized carbons (Fsp3) is 0.857. The maximum atomic E-state index is 13.4. The van der Waals surface area contributed by atoms with Crippen LogP contribution in [0.5, 0.6) is 0 Å². The first-order valence-electron chi connectivity index (χ1n) is 11.0. The molecule has 2 N–H and O–H groups in total. The zero-order chi connectivity index (χ0) is 20.8. The maximum absolute atomic E-state index is 13.4. The van der Waals surface area contributed by atoms with Crippen molar-refractivity contribution >= 4 is 17.8 Å². The second kappa shape index (κ2) is 7.87. The second-order valence-corrected chi connectivity index (χ2v) is 8.93. The van der Waals surface area contributed by atoms with E-state index < -0.39 is 35.5 Å². The molecule has 0 aromatic carbocycles. The van der Waals surface area contributed by atoms with Crippen LogP contribution in [0.2, 0.25) is 0 Å². The second-order valence-electron chi connectivity index (χ2n) is 8.93. The van der Waals surface area contributed by atoms with E-state index in [9.17, 15) is 19.5 Å². The summed E-state index contributed by atoms with van der Waals surface area (Å²) in [6, 6.07) is -1.25. The Morgan fingerprint density at radius 3 is 2.69 bits per heavy atom. The third-order valence-electron chi connectivity index (χ3n) is 7.24. The molecule has 3 aliphatic heterocycles. The van der Waals surface area contributed by atoms with Crippen molar-refractivity contribution in [3.8, 4) is 0 Å². The molecule has 4 rings (SSSR count). The molecule has 162 valence electrons. The average Bonchev–Trinajstić information content (AvgIpc) is 3.35. The third kappa shape index (κ3) is 3.15. The number of nitrogens with one attached hydrogen (secondary N) is 1. The number of amides is 2. The number of carbonyl (C=O) groups excluding carboxylic acids is 3. The molecular formula is C21H32N2O6. The van der Waals surface area contributed by atoms with Gasteiger partial charge in [-0.1, -0.05) is 19.3 Å². The van der Waals surface area contributed by atoms with Gasteiger partial charge in [0.2, 0.25) is 11.8 Å². The minimum absolute atomic E-state index is 0.104. The third-order valence-corrected chi connectivity index (χ3v) is 7.24. The molecule has 2 amide bonds. The van der Waals surface area contributed by atoms with E-state index in [0.717, 1.165) is 25.7 Å². The molecule has 8 nitrogen and oxygen atoms in total. The van der Waals surface area contributed by atoms with E-state index >= 15 is 0 Å². The number of nitrogens with zero attached hydrogens (tertiary/aromatic N) is 1. The fourth-order valence-corrected chi connectivity index (χ4v) is 5.99. The number of carbonyl (C=O) groups is 3. The van der Waals surface area contributed by atoms with Crippen LogP contribution in [0.25, 0.3) is 0 Å². The van der Waals surface area contributed by atoms with Crippen molar-refractivity contribution in [1.82, 2.24) is 10.2 Å². The molecule has 0 radical (unpaired) electrons. The Morgan fingerprint density at radius 1 is 1.31 bits per heavy atom. The Bertz CT molecular complexity index is 678. The molecule has 3 saturated heterocycles. The maximum Gasteiger partial charge on any atom is 0.312 e. The number of hydrogen-bond donors (Lipinski definition) is 2. The van der Waals surface area contributed by atoms with E-state index in [1.54, 1.807) is 13.8 Å². The van der Waals surface area contributed by atoms with E-state index in [1.165, 1.54) is 11.3 Å². The molecule has 8 heteroatoms. The van der Waals surface area contributed by atoms with Gasteiger partial charge in [0, 0.05) is 6.04 Å². The molecule has 0 aromatic rings. The molecule has 1 saturated carbocycles. The number of fused-ring (bicyclic) bond motifs is 1. The van der Waals surface area contributed by atoms with Crippen molar-refractivity contribution in [2.75, 3.05) is 13.2 Å². The van der Waals surface area contributed by atoms with Crippen LogP contribution >= 0.6 is 0 Å². The van der Waals surface area contributed by atoms with E-state index in [-0.39, 0.29) is 37.2 Å². The van der Waals surface area contributed by atoms with Crippen LogP contribution in [-0.4, -0.2) is 70.8 Å². The number of likely N-dealkylation sites (tertiary alicyclic amines) is 1. The fourth-order valence-electron chi connectivity index (χ4n) is 5.99. The molecule has 2 bridgehead atoms. The summed E-state index contributed by atoms with van der Waals surface area (Å²) < 4.78 is 11.5. The van der Waals surface area contributed by atoms with Gasteiger partial charge >= 0.3 is 5.97 Å². The normalized spacial score (nSPS) is 37.5. The lowest BCUT2D eigenvalue weighted by Gasteiger charge is -2.36. The van der Waals surface area contributed by atoms with Crippen LogP contribution in [0, 0.1) is 11.8 Å². The zero-order valence-electron chi connectivity index (χ0n) is 17.3. The standard InChI is InChI=1S/C21H32N2O6/c1-3-28-20(27)15-14-9-10-21(29-14)16(15)19(26)23(12(2)11-24)17(21)18(25)22-13-7-5-4-6-8-13/h12-17,24H,3-11H2,1-2H3,(H,22,25)/t12-,14+,15-,16-,17+,21-/m1/s1. The first-order valence-corrected chi connectivity index (χ1v) is 11.0. The average molecular weight is 408 g/mol. The van der Waals surface area contributed by atoms with Gasteiger partial charge in [0.1, 0.15) is 11.6 Å². The zero-order valence-corrected chi connectivity index (χ0v) is 17.3. The monoisotopic (exact) mass is 408 g/mol. The number of ether oxygens (including phenoxy) is 2. The van der Waals surface area contributed by atoms with Crippen LogP contribution in [0.4, 0.5) is 0 Å². The van der Waals surface area contributed by atoms with Crippen molar-refractivity contribution in [3.63, 3.8) is 0 Å². The van der Waals surface area contributed by atoms with Gasteiger partial charge in [-0.2, -0.15) is 0 Å². The van der Waals surface area contributed by atoms with Gasteiger partial charge in [0.15, 0.2) is 0 Å². The summed E-state index contributed by atoms with van der Waals surface area (Å²) in [5.74, 6) is -2.34. The summed E-state index contributed by atoms with van der Waals surface area (Å²) in [7, 11) is 0.